The minimum atomic E-state index is 0.362. The first-order valence-electron chi connectivity index (χ1n) is 5.34. The van der Waals surface area contributed by atoms with E-state index in [0.29, 0.717) is 17.9 Å². The summed E-state index contributed by atoms with van der Waals surface area (Å²) in [7, 11) is 0. The van der Waals surface area contributed by atoms with E-state index in [1.807, 2.05) is 0 Å². The monoisotopic (exact) mass is 182 g/mol. The highest BCUT2D eigenvalue weighted by molar-refractivity contribution is 5.80. The van der Waals surface area contributed by atoms with Gasteiger partial charge in [0.1, 0.15) is 0 Å². The molecule has 1 saturated carbocycles. The van der Waals surface area contributed by atoms with Gasteiger partial charge in [0.05, 0.1) is 6.04 Å². The van der Waals surface area contributed by atoms with Gasteiger partial charge in [-0.05, 0) is 19.8 Å². The maximum atomic E-state index is 11.9. The summed E-state index contributed by atoms with van der Waals surface area (Å²) in [6, 6.07) is 0.484. The normalized spacial score (nSPS) is 23.5. The van der Waals surface area contributed by atoms with Crippen molar-refractivity contribution in [1.82, 2.24) is 10.2 Å². The molecule has 13 heavy (non-hydrogen) atoms. The summed E-state index contributed by atoms with van der Waals surface area (Å²) >= 11 is 0. The lowest BCUT2D eigenvalue weighted by Gasteiger charge is -2.41. The molecule has 0 aromatic heterocycles. The smallest absolute Gasteiger partial charge is 0.226 e. The summed E-state index contributed by atoms with van der Waals surface area (Å²) in [4.78, 5) is 13.9. The second-order valence-corrected chi connectivity index (χ2v) is 4.06. The largest absolute Gasteiger partial charge is 0.337 e. The van der Waals surface area contributed by atoms with E-state index in [0.717, 1.165) is 32.5 Å². The van der Waals surface area contributed by atoms with Gasteiger partial charge >= 0.3 is 0 Å². The van der Waals surface area contributed by atoms with Crippen LogP contribution >= 0.6 is 0 Å². The van der Waals surface area contributed by atoms with Crippen LogP contribution in [0, 0.1) is 5.92 Å². The Morgan fingerprint density at radius 1 is 1.46 bits per heavy atom. The fourth-order valence-corrected chi connectivity index (χ4v) is 1.98. The summed E-state index contributed by atoms with van der Waals surface area (Å²) in [6.45, 7) is 4.94. The average Bonchev–Trinajstić information content (AvgIpc) is 1.92. The topological polar surface area (TPSA) is 32.3 Å². The van der Waals surface area contributed by atoms with E-state index in [1.54, 1.807) is 0 Å². The molecule has 0 aromatic carbocycles. The maximum Gasteiger partial charge on any atom is 0.226 e. The molecule has 0 spiro atoms. The third-order valence-electron chi connectivity index (χ3n) is 3.28. The van der Waals surface area contributed by atoms with E-state index in [2.05, 4.69) is 17.1 Å². The van der Waals surface area contributed by atoms with Crippen molar-refractivity contribution in [2.45, 2.75) is 32.2 Å². The molecule has 0 atom stereocenters. The van der Waals surface area contributed by atoms with Crippen LogP contribution in [0.15, 0.2) is 0 Å². The Hall–Kier alpha value is -0.570. The molecule has 1 aliphatic heterocycles. The van der Waals surface area contributed by atoms with Crippen molar-refractivity contribution in [1.29, 1.82) is 0 Å². The molecule has 0 aromatic rings. The van der Waals surface area contributed by atoms with Gasteiger partial charge in [-0.1, -0.05) is 6.42 Å². The van der Waals surface area contributed by atoms with Crippen LogP contribution in [0.5, 0.6) is 0 Å². The van der Waals surface area contributed by atoms with Crippen molar-refractivity contribution in [3.05, 3.63) is 0 Å². The lowest BCUT2D eigenvalue weighted by molar-refractivity contribution is -0.141. The van der Waals surface area contributed by atoms with Crippen molar-refractivity contribution >= 4 is 5.91 Å². The first-order chi connectivity index (χ1) is 6.33. The molecule has 0 radical (unpaired) electrons. The summed E-state index contributed by atoms with van der Waals surface area (Å²) in [6.07, 6.45) is 3.49. The van der Waals surface area contributed by atoms with Gasteiger partial charge in [0, 0.05) is 25.6 Å². The Morgan fingerprint density at radius 2 is 2.15 bits per heavy atom. The van der Waals surface area contributed by atoms with E-state index in [4.69, 9.17) is 0 Å². The highest BCUT2D eigenvalue weighted by Crippen LogP contribution is 2.29. The highest BCUT2D eigenvalue weighted by atomic mass is 16.2. The number of rotatable bonds is 3. The van der Waals surface area contributed by atoms with E-state index in [1.165, 1.54) is 6.42 Å². The second kappa shape index (κ2) is 3.66. The SMILES string of the molecule is CCN(C(=O)C1CCC1)C1CNC1. The average molecular weight is 182 g/mol. The molecule has 1 saturated heterocycles. The molecule has 0 bridgehead atoms. The van der Waals surface area contributed by atoms with Crippen molar-refractivity contribution < 1.29 is 4.79 Å². The Bertz CT molecular complexity index is 197. The molecule has 3 nitrogen and oxygen atoms in total. The minimum Gasteiger partial charge on any atom is -0.337 e. The van der Waals surface area contributed by atoms with Gasteiger partial charge < -0.3 is 10.2 Å². The molecule has 1 heterocycles. The van der Waals surface area contributed by atoms with E-state index < -0.39 is 0 Å². The van der Waals surface area contributed by atoms with Gasteiger partial charge in [0.15, 0.2) is 0 Å². The molecule has 1 aliphatic carbocycles. The molecular weight excluding hydrogens is 164 g/mol. The second-order valence-electron chi connectivity index (χ2n) is 4.06. The number of nitrogens with one attached hydrogen (secondary N) is 1. The van der Waals surface area contributed by atoms with Crippen molar-refractivity contribution in [2.75, 3.05) is 19.6 Å². The Kier molecular flexibility index (Phi) is 2.54. The summed E-state index contributed by atoms with van der Waals surface area (Å²) < 4.78 is 0. The van der Waals surface area contributed by atoms with Gasteiger partial charge in [0.25, 0.3) is 0 Å². The highest BCUT2D eigenvalue weighted by Gasteiger charge is 2.34. The molecule has 3 heteroatoms. The van der Waals surface area contributed by atoms with Crippen LogP contribution in [0.1, 0.15) is 26.2 Å². The fourth-order valence-electron chi connectivity index (χ4n) is 1.98. The Balaban J connectivity index is 1.90. The van der Waals surface area contributed by atoms with Gasteiger partial charge in [0.2, 0.25) is 5.91 Å². The van der Waals surface area contributed by atoms with Crippen molar-refractivity contribution in [2.24, 2.45) is 5.92 Å². The molecule has 2 rings (SSSR count). The lowest BCUT2D eigenvalue weighted by atomic mass is 9.84. The van der Waals surface area contributed by atoms with Crippen LogP contribution in [-0.4, -0.2) is 36.5 Å². The number of likely N-dealkylation sites (N-methyl/N-ethyl adjacent to an activating group) is 1. The van der Waals surface area contributed by atoms with E-state index in [-0.39, 0.29) is 0 Å². The number of carbonyl (C=O) groups excluding carboxylic acids is 1. The van der Waals surface area contributed by atoms with Crippen molar-refractivity contribution in [3.63, 3.8) is 0 Å². The predicted octanol–water partition coefficient (Wildman–Crippen LogP) is 0.607. The molecule has 2 aliphatic rings. The zero-order chi connectivity index (χ0) is 9.26. The third kappa shape index (κ3) is 1.57. The molecule has 2 fully saturated rings. The quantitative estimate of drug-likeness (QED) is 0.693. The maximum absolute atomic E-state index is 11.9. The Labute approximate surface area is 79.5 Å². The van der Waals surface area contributed by atoms with Gasteiger partial charge in [-0.25, -0.2) is 0 Å². The van der Waals surface area contributed by atoms with Gasteiger partial charge in [-0.2, -0.15) is 0 Å². The predicted molar refractivity (Wildman–Crippen MR) is 51.4 cm³/mol. The summed E-state index contributed by atoms with van der Waals surface area (Å²) in [5.41, 5.74) is 0. The van der Waals surface area contributed by atoms with E-state index in [9.17, 15) is 4.79 Å². The van der Waals surface area contributed by atoms with Crippen molar-refractivity contribution in [3.8, 4) is 0 Å². The number of hydrogen-bond acceptors (Lipinski definition) is 2. The van der Waals surface area contributed by atoms with Crippen LogP contribution in [0.25, 0.3) is 0 Å². The zero-order valence-electron chi connectivity index (χ0n) is 8.25. The molecule has 74 valence electrons. The summed E-state index contributed by atoms with van der Waals surface area (Å²) in [5.74, 6) is 0.765. The lowest BCUT2D eigenvalue weighted by Crippen LogP contribution is -2.60. The molecular formula is C10H18N2O. The molecule has 1 N–H and O–H groups in total. The van der Waals surface area contributed by atoms with Crippen LogP contribution in [0.2, 0.25) is 0 Å². The minimum absolute atomic E-state index is 0.362. The van der Waals surface area contributed by atoms with Gasteiger partial charge in [-0.15, -0.1) is 0 Å². The van der Waals surface area contributed by atoms with Crippen LogP contribution in [0.3, 0.4) is 0 Å². The van der Waals surface area contributed by atoms with Gasteiger partial charge in [-0.3, -0.25) is 4.79 Å². The first kappa shape index (κ1) is 9.00. The summed E-state index contributed by atoms with van der Waals surface area (Å²) in [5, 5.41) is 3.21. The Morgan fingerprint density at radius 3 is 2.46 bits per heavy atom. The molecule has 0 unspecified atom stereocenters. The van der Waals surface area contributed by atoms with Crippen LogP contribution in [0.4, 0.5) is 0 Å². The number of carbonyl (C=O) groups is 1. The zero-order valence-corrected chi connectivity index (χ0v) is 8.25. The van der Waals surface area contributed by atoms with Crippen LogP contribution in [-0.2, 0) is 4.79 Å². The third-order valence-corrected chi connectivity index (χ3v) is 3.28. The number of hydrogen-bond donors (Lipinski definition) is 1. The molecule has 1 amide bonds. The number of nitrogens with zero attached hydrogens (tertiary/aromatic N) is 1. The van der Waals surface area contributed by atoms with E-state index >= 15 is 0 Å². The number of amides is 1. The standard InChI is InChI=1S/C10H18N2O/c1-2-12(9-6-11-7-9)10(13)8-4-3-5-8/h8-9,11H,2-7H2,1H3. The fraction of sp³-hybridized carbons (Fsp3) is 0.900. The first-order valence-corrected chi connectivity index (χ1v) is 5.34. The van der Waals surface area contributed by atoms with Crippen LogP contribution < -0.4 is 5.32 Å².